The molecule has 4 rings (SSSR count). The van der Waals surface area contributed by atoms with Gasteiger partial charge in [-0.25, -0.2) is 19.0 Å². The second-order valence-electron chi connectivity index (χ2n) is 8.77. The third-order valence-corrected chi connectivity index (χ3v) is 6.02. The molecule has 0 aliphatic carbocycles. The average Bonchev–Trinajstić information content (AvgIpc) is 3.38. The third-order valence-electron chi connectivity index (χ3n) is 5.85. The summed E-state index contributed by atoms with van der Waals surface area (Å²) < 4.78 is 30.7. The Labute approximate surface area is 241 Å². The van der Waals surface area contributed by atoms with Crippen molar-refractivity contribution in [3.8, 4) is 11.1 Å². The first-order valence-electron chi connectivity index (χ1n) is 12.6. The van der Waals surface area contributed by atoms with Gasteiger partial charge in [0.2, 0.25) is 5.28 Å². The Kier molecular flexibility index (Phi) is 11.5. The zero-order valence-electron chi connectivity index (χ0n) is 22.7. The van der Waals surface area contributed by atoms with Crippen LogP contribution in [-0.2, 0) is 23.8 Å². The monoisotopic (exact) mass is 587 g/mol. The minimum Gasteiger partial charge on any atom is -0.479 e. The number of imidazole rings is 1. The molecule has 3 atom stereocenters. The minimum atomic E-state index is -1.84. The number of hydrogen-bond donors (Lipinski definition) is 2. The second-order valence-corrected chi connectivity index (χ2v) is 9.10. The first-order valence-corrected chi connectivity index (χ1v) is 13.0. The molecule has 0 fully saturated rings. The fourth-order valence-electron chi connectivity index (χ4n) is 3.72. The summed E-state index contributed by atoms with van der Waals surface area (Å²) in [6.45, 7) is 3.26. The van der Waals surface area contributed by atoms with Crippen LogP contribution in [-0.4, -0.2) is 69.1 Å². The van der Waals surface area contributed by atoms with Crippen molar-refractivity contribution >= 4 is 40.5 Å². The van der Waals surface area contributed by atoms with Gasteiger partial charge in [-0.05, 0) is 36.6 Å². The van der Waals surface area contributed by atoms with Gasteiger partial charge >= 0.3 is 11.9 Å². The number of nitrogen functional groups attached to an aromatic ring is 1. The Balaban J connectivity index is 0.000000294. The smallest absolute Gasteiger partial charge is 0.347 e. The summed E-state index contributed by atoms with van der Waals surface area (Å²) in [6, 6.07) is 19.0. The molecule has 0 aliphatic rings. The van der Waals surface area contributed by atoms with E-state index in [2.05, 4.69) is 75.1 Å². The molecule has 11 nitrogen and oxygen atoms in total. The van der Waals surface area contributed by atoms with Crippen LogP contribution in [0.25, 0.3) is 22.3 Å². The largest absolute Gasteiger partial charge is 0.479 e. The van der Waals surface area contributed by atoms with Gasteiger partial charge in [-0.2, -0.15) is 9.97 Å². The van der Waals surface area contributed by atoms with Gasteiger partial charge in [0.05, 0.1) is 25.6 Å². The predicted octanol–water partition coefficient (Wildman–Crippen LogP) is 4.63. The van der Waals surface area contributed by atoms with E-state index in [1.54, 1.807) is 0 Å². The lowest BCUT2D eigenvalue weighted by Crippen LogP contribution is -2.37. The molecule has 0 amide bonds. The van der Waals surface area contributed by atoms with Crippen LogP contribution in [0.2, 0.25) is 5.28 Å². The molecule has 0 radical (unpaired) electrons. The topological polar surface area (TPSA) is 152 Å². The zero-order valence-corrected chi connectivity index (χ0v) is 23.5. The average molecular weight is 588 g/mol. The number of carboxylic acid groups (broad SMARTS) is 1. The summed E-state index contributed by atoms with van der Waals surface area (Å²) in [5, 5.41) is 8.90. The van der Waals surface area contributed by atoms with E-state index in [9.17, 15) is 14.0 Å². The van der Waals surface area contributed by atoms with E-state index < -0.39 is 30.4 Å². The molecular formula is C28H31ClFN5O6. The Hall–Kier alpha value is -4.13. The van der Waals surface area contributed by atoms with Crippen LogP contribution in [0.5, 0.6) is 0 Å². The molecule has 2 aromatic carbocycles. The van der Waals surface area contributed by atoms with Crippen molar-refractivity contribution in [3.63, 3.8) is 0 Å². The number of nitrogens with zero attached hydrogens (tertiary/aromatic N) is 4. The number of anilines is 1. The van der Waals surface area contributed by atoms with Crippen LogP contribution in [0.15, 0.2) is 60.9 Å². The molecule has 41 heavy (non-hydrogen) atoms. The lowest BCUT2D eigenvalue weighted by atomic mass is 10.0. The van der Waals surface area contributed by atoms with E-state index in [1.165, 1.54) is 37.1 Å². The molecule has 3 N–H and O–H groups in total. The van der Waals surface area contributed by atoms with E-state index in [1.807, 2.05) is 6.07 Å². The third kappa shape index (κ3) is 8.68. The summed E-state index contributed by atoms with van der Waals surface area (Å²) in [6.07, 6.45) is -3.45. The first-order chi connectivity index (χ1) is 19.6. The van der Waals surface area contributed by atoms with Crippen molar-refractivity contribution in [2.24, 2.45) is 0 Å². The molecular weight excluding hydrogens is 557 g/mol. The van der Waals surface area contributed by atoms with Gasteiger partial charge in [0.15, 0.2) is 17.8 Å². The lowest BCUT2D eigenvalue weighted by Gasteiger charge is -2.20. The highest BCUT2D eigenvalue weighted by atomic mass is 35.5. The molecule has 0 saturated carbocycles. The number of halogens is 2. The number of carbonyl (C=O) groups is 2. The molecule has 4 aromatic rings. The van der Waals surface area contributed by atoms with Crippen LogP contribution >= 0.6 is 11.6 Å². The zero-order chi connectivity index (χ0) is 29.9. The Morgan fingerprint density at radius 3 is 2.37 bits per heavy atom. The van der Waals surface area contributed by atoms with E-state index >= 15 is 0 Å². The first kappa shape index (κ1) is 31.4. The van der Waals surface area contributed by atoms with Crippen molar-refractivity contribution in [2.45, 2.75) is 38.8 Å². The number of carbonyl (C=O) groups excluding carboxylic acids is 1. The van der Waals surface area contributed by atoms with E-state index in [0.717, 1.165) is 4.57 Å². The number of aliphatic carboxylic acids is 1. The van der Waals surface area contributed by atoms with Crippen molar-refractivity contribution in [1.82, 2.24) is 19.5 Å². The maximum Gasteiger partial charge on any atom is 0.347 e. The Bertz CT molecular complexity index is 1440. The van der Waals surface area contributed by atoms with E-state index in [0.29, 0.717) is 0 Å². The highest BCUT2D eigenvalue weighted by molar-refractivity contribution is 6.28. The predicted molar refractivity (Wildman–Crippen MR) is 151 cm³/mol. The fraction of sp³-hybridized carbons (Fsp3) is 0.321. The number of aromatic nitrogens is 4. The maximum absolute atomic E-state index is 14.8. The molecule has 2 aromatic heterocycles. The SMILES string of the molecule is CCOC(=O)C(OCC(CC(F)n1cnc2c(N)nc(Cl)nc21)OC)C(=O)O.Cc1ccc(-c2ccccc2)cc1. The number of nitrogens with two attached hydrogens (primary N) is 1. The minimum absolute atomic E-state index is 0.00584. The molecule has 3 unspecified atom stereocenters. The molecule has 0 bridgehead atoms. The lowest BCUT2D eigenvalue weighted by molar-refractivity contribution is -0.172. The summed E-state index contributed by atoms with van der Waals surface area (Å²) in [5.74, 6) is -2.57. The number of benzene rings is 2. The van der Waals surface area contributed by atoms with Gasteiger partial charge in [-0.1, -0.05) is 60.2 Å². The molecule has 13 heteroatoms. The number of aryl methyl sites for hydroxylation is 1. The van der Waals surface area contributed by atoms with Crippen LogP contribution in [0.3, 0.4) is 0 Å². The van der Waals surface area contributed by atoms with Crippen LogP contribution in [0, 0.1) is 6.92 Å². The van der Waals surface area contributed by atoms with Crippen molar-refractivity contribution in [1.29, 1.82) is 0 Å². The molecule has 0 aliphatic heterocycles. The van der Waals surface area contributed by atoms with E-state index in [-0.39, 0.29) is 41.9 Å². The van der Waals surface area contributed by atoms with Gasteiger partial charge in [0, 0.05) is 13.5 Å². The standard InChI is InChI=1S/C15H19ClFN5O6.C13H12/c1-3-27-14(25)10(13(23)24)28-5-7(26-2)4-8(17)22-6-19-9-11(18)20-15(16)21-12(9)22;1-11-7-9-13(10-8-11)12-5-3-2-4-6-12/h6-8,10H,3-5H2,1-2H3,(H,23,24)(H2,18,20,21);2-10H,1H3. The number of ether oxygens (including phenoxy) is 3. The van der Waals surface area contributed by atoms with Gasteiger partial charge in [-0.3, -0.25) is 4.57 Å². The quantitative estimate of drug-likeness (QED) is 0.144. The van der Waals surface area contributed by atoms with Crippen LogP contribution in [0.4, 0.5) is 10.2 Å². The van der Waals surface area contributed by atoms with Crippen molar-refractivity contribution in [2.75, 3.05) is 26.1 Å². The van der Waals surface area contributed by atoms with Gasteiger partial charge in [-0.15, -0.1) is 0 Å². The summed E-state index contributed by atoms with van der Waals surface area (Å²) in [4.78, 5) is 34.4. The van der Waals surface area contributed by atoms with Crippen LogP contribution < -0.4 is 5.73 Å². The number of carboxylic acids is 1. The van der Waals surface area contributed by atoms with Gasteiger partial charge in [0.1, 0.15) is 5.52 Å². The highest BCUT2D eigenvalue weighted by Crippen LogP contribution is 2.25. The summed E-state index contributed by atoms with van der Waals surface area (Å²) in [7, 11) is 1.30. The van der Waals surface area contributed by atoms with Gasteiger partial charge < -0.3 is 25.1 Å². The van der Waals surface area contributed by atoms with Crippen molar-refractivity contribution in [3.05, 3.63) is 71.8 Å². The number of methoxy groups -OCH3 is 1. The number of hydrogen-bond acceptors (Lipinski definition) is 9. The second kappa shape index (κ2) is 15.0. The summed E-state index contributed by atoms with van der Waals surface area (Å²) >= 11 is 5.75. The van der Waals surface area contributed by atoms with Gasteiger partial charge in [0.25, 0.3) is 6.10 Å². The molecule has 0 saturated heterocycles. The Morgan fingerprint density at radius 1 is 1.10 bits per heavy atom. The number of fused-ring (bicyclic) bond motifs is 1. The molecule has 2 heterocycles. The number of esters is 1. The summed E-state index contributed by atoms with van der Waals surface area (Å²) in [5.41, 5.74) is 9.83. The fourth-order valence-corrected chi connectivity index (χ4v) is 3.89. The molecule has 218 valence electrons. The normalized spacial score (nSPS) is 13.1. The highest BCUT2D eigenvalue weighted by Gasteiger charge is 2.30. The van der Waals surface area contributed by atoms with E-state index in [4.69, 9.17) is 31.9 Å². The Morgan fingerprint density at radius 2 is 1.76 bits per heavy atom. The number of alkyl halides is 1. The molecule has 0 spiro atoms. The van der Waals surface area contributed by atoms with Crippen molar-refractivity contribution < 1.29 is 33.3 Å². The number of rotatable bonds is 11. The van der Waals surface area contributed by atoms with Crippen LogP contribution in [0.1, 0.15) is 25.2 Å². The maximum atomic E-state index is 14.8.